The summed E-state index contributed by atoms with van der Waals surface area (Å²) in [6, 6.07) is 8.92. The van der Waals surface area contributed by atoms with Gasteiger partial charge in [0.25, 0.3) is 23.6 Å². The second kappa shape index (κ2) is 19.8. The van der Waals surface area contributed by atoms with E-state index in [1.54, 1.807) is 12.4 Å². The zero-order valence-corrected chi connectivity index (χ0v) is 35.0. The Hall–Kier alpha value is -6.38. The Labute approximate surface area is 362 Å². The third kappa shape index (κ3) is 10.3. The number of nitrogens with zero attached hydrogens (tertiary/aromatic N) is 7. The second-order valence-corrected chi connectivity index (χ2v) is 16.2. The van der Waals surface area contributed by atoms with Crippen LogP contribution in [0.4, 0.5) is 5.82 Å². The molecule has 1 aromatic carbocycles. The Morgan fingerprint density at radius 3 is 2.49 bits per heavy atom. The molecule has 1 unspecified atom stereocenters. The highest BCUT2D eigenvalue weighted by Crippen LogP contribution is 2.35. The minimum atomic E-state index is -1.06. The van der Waals surface area contributed by atoms with Crippen LogP contribution in [0, 0.1) is 12.8 Å². The van der Waals surface area contributed by atoms with Gasteiger partial charge in [0, 0.05) is 43.8 Å². The van der Waals surface area contributed by atoms with Crippen LogP contribution in [0.2, 0.25) is 0 Å². The molecule has 8 rings (SSSR count). The Balaban J connectivity index is 0.650. The molecule has 20 heteroatoms. The summed E-state index contributed by atoms with van der Waals surface area (Å²) in [5.74, 6) is -1.48. The van der Waals surface area contributed by atoms with Gasteiger partial charge >= 0.3 is 0 Å². The van der Waals surface area contributed by atoms with Gasteiger partial charge in [-0.3, -0.25) is 39.0 Å². The average Bonchev–Trinajstić information content (AvgIpc) is 3.80. The molecule has 1 atom stereocenters. The number of anilines is 1. The summed E-state index contributed by atoms with van der Waals surface area (Å²) in [5, 5.41) is 11.5. The van der Waals surface area contributed by atoms with Crippen molar-refractivity contribution >= 4 is 52.4 Å². The summed E-state index contributed by atoms with van der Waals surface area (Å²) in [4.78, 5) is 95.9. The summed E-state index contributed by atoms with van der Waals surface area (Å²) in [5.41, 5.74) is 2.98. The highest BCUT2D eigenvalue weighted by molar-refractivity contribution is 6.23. The maximum atomic E-state index is 13.0. The monoisotopic (exact) mass is 865 g/mol. The zero-order valence-electron chi connectivity index (χ0n) is 35.0. The van der Waals surface area contributed by atoms with E-state index < -0.39 is 29.7 Å². The molecule has 63 heavy (non-hydrogen) atoms. The van der Waals surface area contributed by atoms with Crippen molar-refractivity contribution in [3.8, 4) is 5.75 Å². The number of piperidine rings is 2. The fourth-order valence-corrected chi connectivity index (χ4v) is 8.28. The van der Waals surface area contributed by atoms with E-state index in [4.69, 9.17) is 14.2 Å². The van der Waals surface area contributed by atoms with Crippen molar-refractivity contribution in [1.82, 2.24) is 50.3 Å². The fraction of sp³-hybridized carbons (Fsp3) is 0.488. The van der Waals surface area contributed by atoms with Crippen molar-refractivity contribution in [3.05, 3.63) is 71.6 Å². The molecule has 4 N–H and O–H groups in total. The Bertz CT molecular complexity index is 2360. The fourth-order valence-electron chi connectivity index (χ4n) is 8.28. The molecule has 0 spiro atoms. The number of carbonyl (C=O) groups excluding carboxylic acids is 6. The van der Waals surface area contributed by atoms with Gasteiger partial charge in [-0.15, -0.1) is 0 Å². The summed E-state index contributed by atoms with van der Waals surface area (Å²) < 4.78 is 19.0. The Morgan fingerprint density at radius 1 is 0.905 bits per heavy atom. The number of aryl methyl sites for hydroxylation is 1. The topological polar surface area (TPSA) is 241 Å². The average molecular weight is 866 g/mol. The Morgan fingerprint density at radius 2 is 1.70 bits per heavy atom. The maximum Gasteiger partial charge on any atom is 0.270 e. The number of nitrogens with one attached hydrogen (secondary N) is 4. The number of hydrogen-bond acceptors (Lipinski definition) is 15. The van der Waals surface area contributed by atoms with Crippen LogP contribution in [-0.4, -0.2) is 148 Å². The van der Waals surface area contributed by atoms with Crippen LogP contribution < -0.4 is 26.0 Å². The van der Waals surface area contributed by atoms with Gasteiger partial charge in [-0.25, -0.2) is 19.9 Å². The normalized spacial score (nSPS) is 20.3. The first-order valence-corrected chi connectivity index (χ1v) is 21.4. The number of rotatable bonds is 19. The van der Waals surface area contributed by atoms with Gasteiger partial charge < -0.3 is 39.6 Å². The van der Waals surface area contributed by atoms with Crippen LogP contribution in [0.5, 0.6) is 5.75 Å². The van der Waals surface area contributed by atoms with Crippen LogP contribution in [0.1, 0.15) is 81.5 Å². The lowest BCUT2D eigenvalue weighted by Gasteiger charge is -2.36. The lowest BCUT2D eigenvalue weighted by atomic mass is 9.86. The molecule has 2 saturated heterocycles. The van der Waals surface area contributed by atoms with Crippen molar-refractivity contribution < 1.29 is 43.0 Å². The largest absolute Gasteiger partial charge is 0.484 e. The molecule has 0 radical (unpaired) electrons. The molecule has 1 aliphatic carbocycles. The molecule has 20 nitrogen and oxygen atoms in total. The molecule has 3 fully saturated rings. The minimum Gasteiger partial charge on any atom is -0.484 e. The number of hydrogen-bond donors (Lipinski definition) is 4. The van der Waals surface area contributed by atoms with Crippen molar-refractivity contribution in [1.29, 1.82) is 0 Å². The predicted octanol–water partition coefficient (Wildman–Crippen LogP) is 1.42. The molecule has 4 aromatic rings. The maximum absolute atomic E-state index is 13.0. The first-order chi connectivity index (χ1) is 30.6. The van der Waals surface area contributed by atoms with Crippen molar-refractivity contribution in [2.24, 2.45) is 5.92 Å². The van der Waals surface area contributed by atoms with E-state index in [2.05, 4.69) is 50.7 Å². The summed E-state index contributed by atoms with van der Waals surface area (Å²) in [6.07, 6.45) is 7.19. The van der Waals surface area contributed by atoms with Crippen LogP contribution >= 0.6 is 0 Å². The summed E-state index contributed by atoms with van der Waals surface area (Å²) >= 11 is 0. The van der Waals surface area contributed by atoms with E-state index in [0.717, 1.165) is 79.4 Å². The number of ether oxygens (including phenoxy) is 3. The van der Waals surface area contributed by atoms with Crippen LogP contribution in [0.3, 0.4) is 0 Å². The van der Waals surface area contributed by atoms with Crippen molar-refractivity contribution in [2.75, 3.05) is 71.1 Å². The molecule has 0 bridgehead atoms. The van der Waals surface area contributed by atoms with E-state index in [9.17, 15) is 28.8 Å². The first kappa shape index (κ1) is 43.3. The predicted molar refractivity (Wildman–Crippen MR) is 225 cm³/mol. The van der Waals surface area contributed by atoms with E-state index in [0.29, 0.717) is 38.0 Å². The van der Waals surface area contributed by atoms with Crippen LogP contribution in [-0.2, 0) is 23.9 Å². The standard InChI is InChI=1S/C43H51N11O9/c1-26-3-2-4-33(49-26)40(57)50-28-19-29(20-28)53-25-48-37-38(46-24-47-39(37)53)45-22-27-9-12-52(13-10-27)14-16-62-18-17-61-15-11-44-36(56)23-63-30-5-6-31-32(21-30)43(60)54(42(31)59)34-7-8-35(55)51-41(34)58/h2-6,21,24-25,27-29,34H,7-20,22-23H2,1H3,(H,44,56)(H,50,57)(H,45,46,47)(H,51,55,58). The quantitative estimate of drug-likeness (QED) is 0.0770. The molecular formula is C43H51N11O9. The smallest absolute Gasteiger partial charge is 0.270 e. The van der Waals surface area contributed by atoms with Gasteiger partial charge in [-0.1, -0.05) is 6.07 Å². The number of amides is 6. The molecule has 6 amide bonds. The van der Waals surface area contributed by atoms with Gasteiger partial charge in [0.2, 0.25) is 11.8 Å². The van der Waals surface area contributed by atoms with E-state index >= 15 is 0 Å². The van der Waals surface area contributed by atoms with Gasteiger partial charge in [0.05, 0.1) is 43.9 Å². The molecule has 3 aromatic heterocycles. The summed E-state index contributed by atoms with van der Waals surface area (Å²) in [6.45, 7) is 7.13. The van der Waals surface area contributed by atoms with Crippen molar-refractivity contribution in [3.63, 3.8) is 0 Å². The lowest BCUT2D eigenvalue weighted by Crippen LogP contribution is -2.54. The van der Waals surface area contributed by atoms with Crippen LogP contribution in [0.25, 0.3) is 11.2 Å². The number of fused-ring (bicyclic) bond motifs is 2. The third-order valence-corrected chi connectivity index (χ3v) is 11.9. The molecule has 6 heterocycles. The molecule has 3 aliphatic heterocycles. The number of imidazole rings is 1. The molecular weight excluding hydrogens is 815 g/mol. The number of aromatic nitrogens is 5. The van der Waals surface area contributed by atoms with E-state index in [1.165, 1.54) is 18.2 Å². The van der Waals surface area contributed by atoms with Crippen LogP contribution in [0.15, 0.2) is 49.1 Å². The van der Waals surface area contributed by atoms with Gasteiger partial charge in [0.1, 0.15) is 29.3 Å². The third-order valence-electron chi connectivity index (χ3n) is 11.9. The van der Waals surface area contributed by atoms with Gasteiger partial charge in [-0.2, -0.15) is 0 Å². The second-order valence-electron chi connectivity index (χ2n) is 16.2. The van der Waals surface area contributed by atoms with Gasteiger partial charge in [-0.05, 0) is 88.4 Å². The number of imide groups is 2. The zero-order chi connectivity index (χ0) is 43.9. The highest BCUT2D eigenvalue weighted by atomic mass is 16.5. The van der Waals surface area contributed by atoms with Crippen molar-refractivity contribution in [2.45, 2.75) is 63.6 Å². The Kier molecular flexibility index (Phi) is 13.6. The van der Waals surface area contributed by atoms with E-state index in [1.807, 2.05) is 25.4 Å². The lowest BCUT2D eigenvalue weighted by molar-refractivity contribution is -0.136. The summed E-state index contributed by atoms with van der Waals surface area (Å²) in [7, 11) is 0. The number of carbonyl (C=O) groups is 6. The SMILES string of the molecule is Cc1cccc(C(=O)NC2CC(n3cnc4c(NCC5CCN(CCOCCOCCNC(=O)COc6ccc7c(c6)C(=O)N(C6CCC(=O)NC6=O)C7=O)CC5)ncnc43)C2)n1. The van der Waals surface area contributed by atoms with E-state index in [-0.39, 0.29) is 66.8 Å². The molecule has 4 aliphatic rings. The number of pyridine rings is 1. The minimum absolute atomic E-state index is 0.0301. The number of benzene rings is 1. The highest BCUT2D eigenvalue weighted by Gasteiger charge is 2.45. The molecule has 1 saturated carbocycles. The van der Waals surface area contributed by atoms with Gasteiger partial charge in [0.15, 0.2) is 18.1 Å². The first-order valence-electron chi connectivity index (χ1n) is 21.4. The number of likely N-dealkylation sites (tertiary alicyclic amines) is 1. The molecule has 332 valence electrons.